The lowest BCUT2D eigenvalue weighted by Crippen LogP contribution is -2.01. The second-order valence-electron chi connectivity index (χ2n) is 3.48. The van der Waals surface area contributed by atoms with Crippen LogP contribution in [-0.4, -0.2) is 33.7 Å². The molecule has 2 heterocycles. The second kappa shape index (κ2) is 8.35. The van der Waals surface area contributed by atoms with Crippen LogP contribution >= 0.6 is 0 Å². The molecule has 106 valence electrons. The molecule has 0 bridgehead atoms. The highest BCUT2D eigenvalue weighted by atomic mass is 32.2. The fourth-order valence-electron chi connectivity index (χ4n) is 1.19. The second-order valence-corrected chi connectivity index (χ2v) is 5.05. The largest absolute Gasteiger partial charge is 0.351 e. The Hall–Kier alpha value is -1.77. The lowest BCUT2D eigenvalue weighted by molar-refractivity contribution is 0.482. The van der Waals surface area contributed by atoms with Crippen molar-refractivity contribution in [2.24, 2.45) is 0 Å². The molecule has 2 aromatic heterocycles. The van der Waals surface area contributed by atoms with Crippen LogP contribution in [0, 0.1) is 0 Å². The van der Waals surface area contributed by atoms with Crippen LogP contribution in [0.1, 0.15) is 13.3 Å². The van der Waals surface area contributed by atoms with E-state index in [0.29, 0.717) is 6.42 Å². The molecule has 2 aromatic rings. The zero-order chi connectivity index (χ0) is 13.4. The summed E-state index contributed by atoms with van der Waals surface area (Å²) in [4.78, 5) is 11.0. The molecular formula is C11H18N4O3S. The van der Waals surface area contributed by atoms with Gasteiger partial charge in [-0.3, -0.25) is 9.54 Å². The quantitative estimate of drug-likeness (QED) is 0.739. The SMILES string of the molecule is CCCS(=O)(=O)O.N.c1cncc(-c2c[nH]cn2)c1. The van der Waals surface area contributed by atoms with Crippen LogP contribution in [0.15, 0.2) is 37.1 Å². The lowest BCUT2D eigenvalue weighted by atomic mass is 10.2. The summed E-state index contributed by atoms with van der Waals surface area (Å²) in [5, 5.41) is 0. The smallest absolute Gasteiger partial charge is 0.264 e. The number of hydrogen-bond acceptors (Lipinski definition) is 5. The predicted molar refractivity (Wildman–Crippen MR) is 73.5 cm³/mol. The Morgan fingerprint density at radius 3 is 2.53 bits per heavy atom. The molecular weight excluding hydrogens is 268 g/mol. The number of H-pyrrole nitrogens is 1. The van der Waals surface area contributed by atoms with Crippen molar-refractivity contribution in [1.82, 2.24) is 21.1 Å². The Morgan fingerprint density at radius 2 is 2.16 bits per heavy atom. The summed E-state index contributed by atoms with van der Waals surface area (Å²) >= 11 is 0. The average molecular weight is 286 g/mol. The molecule has 0 fully saturated rings. The van der Waals surface area contributed by atoms with Gasteiger partial charge in [0.1, 0.15) is 0 Å². The molecule has 0 aliphatic rings. The summed E-state index contributed by atoms with van der Waals surface area (Å²) in [7, 11) is -3.67. The topological polar surface area (TPSA) is 131 Å². The van der Waals surface area contributed by atoms with E-state index in [1.165, 1.54) is 0 Å². The maximum Gasteiger partial charge on any atom is 0.264 e. The molecule has 0 aliphatic carbocycles. The third-order valence-electron chi connectivity index (χ3n) is 1.92. The first-order valence-electron chi connectivity index (χ1n) is 5.37. The number of aromatic nitrogens is 3. The Kier molecular flexibility index (Phi) is 7.57. The van der Waals surface area contributed by atoms with Gasteiger partial charge in [0.25, 0.3) is 10.1 Å². The zero-order valence-electron chi connectivity index (χ0n) is 10.7. The summed E-state index contributed by atoms with van der Waals surface area (Å²) in [6.45, 7) is 1.69. The summed E-state index contributed by atoms with van der Waals surface area (Å²) in [5.41, 5.74) is 1.96. The van der Waals surface area contributed by atoms with Crippen molar-refractivity contribution in [2.45, 2.75) is 13.3 Å². The van der Waals surface area contributed by atoms with Gasteiger partial charge in [-0.05, 0) is 18.6 Å². The molecule has 0 radical (unpaired) electrons. The van der Waals surface area contributed by atoms with Crippen LogP contribution in [0.2, 0.25) is 0 Å². The van der Waals surface area contributed by atoms with Crippen molar-refractivity contribution in [2.75, 3.05) is 5.75 Å². The Bertz CT molecular complexity index is 541. The molecule has 5 N–H and O–H groups in total. The molecule has 0 saturated carbocycles. The fraction of sp³-hybridized carbons (Fsp3) is 0.273. The van der Waals surface area contributed by atoms with E-state index in [9.17, 15) is 8.42 Å². The molecule has 7 nitrogen and oxygen atoms in total. The van der Waals surface area contributed by atoms with Crippen molar-refractivity contribution in [3.63, 3.8) is 0 Å². The van der Waals surface area contributed by atoms with Gasteiger partial charge in [-0.2, -0.15) is 8.42 Å². The summed E-state index contributed by atoms with van der Waals surface area (Å²) < 4.78 is 27.6. The van der Waals surface area contributed by atoms with E-state index < -0.39 is 10.1 Å². The van der Waals surface area contributed by atoms with Crippen LogP contribution < -0.4 is 6.15 Å². The van der Waals surface area contributed by atoms with E-state index in [-0.39, 0.29) is 11.9 Å². The maximum atomic E-state index is 9.79. The minimum Gasteiger partial charge on any atom is -0.351 e. The van der Waals surface area contributed by atoms with E-state index in [0.717, 1.165) is 11.3 Å². The summed E-state index contributed by atoms with van der Waals surface area (Å²) in [6.07, 6.45) is 7.50. The third kappa shape index (κ3) is 7.29. The van der Waals surface area contributed by atoms with Crippen LogP contribution in [-0.2, 0) is 10.1 Å². The van der Waals surface area contributed by atoms with Crippen LogP contribution in [0.5, 0.6) is 0 Å². The highest BCUT2D eigenvalue weighted by molar-refractivity contribution is 7.85. The van der Waals surface area contributed by atoms with Crippen molar-refractivity contribution in [3.8, 4) is 11.3 Å². The van der Waals surface area contributed by atoms with Crippen molar-refractivity contribution >= 4 is 10.1 Å². The maximum absolute atomic E-state index is 9.79. The van der Waals surface area contributed by atoms with E-state index in [2.05, 4.69) is 15.0 Å². The average Bonchev–Trinajstić information content (AvgIpc) is 2.83. The first-order valence-corrected chi connectivity index (χ1v) is 6.98. The van der Waals surface area contributed by atoms with E-state index in [1.54, 1.807) is 25.6 Å². The predicted octanol–water partition coefficient (Wildman–Crippen LogP) is 1.92. The van der Waals surface area contributed by atoms with Crippen LogP contribution in [0.3, 0.4) is 0 Å². The number of hydrogen-bond donors (Lipinski definition) is 3. The standard InChI is InChI=1S/C8H7N3.C3H8O3S.H3N/c1-2-7(4-9-3-1)8-5-10-6-11-8;1-2-3-7(4,5)6;/h1-6H,(H,10,11);2-3H2,1H3,(H,4,5,6);1H3. The Balaban J connectivity index is 0.000000360. The molecule has 2 rings (SSSR count). The van der Waals surface area contributed by atoms with Gasteiger partial charge in [0.05, 0.1) is 17.8 Å². The zero-order valence-corrected chi connectivity index (χ0v) is 11.5. The molecule has 0 unspecified atom stereocenters. The summed E-state index contributed by atoms with van der Waals surface area (Å²) in [6, 6.07) is 3.87. The number of nitrogens with zero attached hydrogens (tertiary/aromatic N) is 2. The van der Waals surface area contributed by atoms with Gasteiger partial charge in [0.15, 0.2) is 0 Å². The van der Waals surface area contributed by atoms with Gasteiger partial charge in [-0.1, -0.05) is 6.92 Å². The monoisotopic (exact) mass is 286 g/mol. The number of pyridine rings is 1. The molecule has 0 atom stereocenters. The molecule has 0 aliphatic heterocycles. The summed E-state index contributed by atoms with van der Waals surface area (Å²) in [5.74, 6) is -0.132. The first-order chi connectivity index (χ1) is 8.53. The lowest BCUT2D eigenvalue weighted by Gasteiger charge is -1.91. The van der Waals surface area contributed by atoms with Crippen molar-refractivity contribution < 1.29 is 13.0 Å². The molecule has 8 heteroatoms. The van der Waals surface area contributed by atoms with Gasteiger partial charge in [-0.15, -0.1) is 0 Å². The van der Waals surface area contributed by atoms with Crippen molar-refractivity contribution in [3.05, 3.63) is 37.1 Å². The highest BCUT2D eigenvalue weighted by Crippen LogP contribution is 2.12. The molecule has 0 aromatic carbocycles. The minimum absolute atomic E-state index is 0. The van der Waals surface area contributed by atoms with E-state index in [1.807, 2.05) is 18.3 Å². The van der Waals surface area contributed by atoms with Crippen LogP contribution in [0.25, 0.3) is 11.3 Å². The van der Waals surface area contributed by atoms with Crippen LogP contribution in [0.4, 0.5) is 0 Å². The Labute approximate surface area is 112 Å². The molecule has 0 amide bonds. The van der Waals surface area contributed by atoms with Gasteiger partial charge in [-0.25, -0.2) is 4.98 Å². The van der Waals surface area contributed by atoms with Gasteiger partial charge in [0, 0.05) is 24.2 Å². The number of rotatable bonds is 3. The van der Waals surface area contributed by atoms with Gasteiger partial charge in [0.2, 0.25) is 0 Å². The van der Waals surface area contributed by atoms with E-state index in [4.69, 9.17) is 4.55 Å². The molecule has 0 spiro atoms. The molecule has 19 heavy (non-hydrogen) atoms. The fourth-order valence-corrected chi connectivity index (χ4v) is 1.71. The number of imidazole rings is 1. The molecule has 0 saturated heterocycles. The van der Waals surface area contributed by atoms with Gasteiger partial charge < -0.3 is 11.1 Å². The van der Waals surface area contributed by atoms with Crippen molar-refractivity contribution in [1.29, 1.82) is 0 Å². The van der Waals surface area contributed by atoms with Gasteiger partial charge >= 0.3 is 0 Å². The van der Waals surface area contributed by atoms with E-state index >= 15 is 0 Å². The minimum atomic E-state index is -3.67. The highest BCUT2D eigenvalue weighted by Gasteiger charge is 1.98. The number of aromatic amines is 1. The Morgan fingerprint density at radius 1 is 1.42 bits per heavy atom. The first kappa shape index (κ1) is 17.2. The third-order valence-corrected chi connectivity index (χ3v) is 2.84. The number of nitrogens with one attached hydrogen (secondary N) is 1. The normalized spacial score (nSPS) is 10.0.